The summed E-state index contributed by atoms with van der Waals surface area (Å²) in [4.78, 5) is 0. The molecule has 0 radical (unpaired) electrons. The summed E-state index contributed by atoms with van der Waals surface area (Å²) in [6.45, 7) is 12.1. The number of hydrogen-bond donors (Lipinski definition) is 1. The van der Waals surface area contributed by atoms with Crippen LogP contribution in [-0.4, -0.2) is 29.6 Å². The third-order valence-electron chi connectivity index (χ3n) is 4.34. The van der Waals surface area contributed by atoms with Crippen molar-refractivity contribution < 1.29 is 0 Å². The van der Waals surface area contributed by atoms with Gasteiger partial charge in [0.05, 0.1) is 17.1 Å². The number of aromatic nitrogens is 6. The Labute approximate surface area is 135 Å². The van der Waals surface area contributed by atoms with Gasteiger partial charge in [0.25, 0.3) is 0 Å². The molecule has 3 rings (SSSR count). The maximum absolute atomic E-state index is 4.64. The monoisotopic (exact) mass is 313 g/mol. The van der Waals surface area contributed by atoms with Gasteiger partial charge < -0.3 is 5.32 Å². The van der Waals surface area contributed by atoms with Crippen LogP contribution in [0.3, 0.4) is 0 Å². The Morgan fingerprint density at radius 1 is 1.09 bits per heavy atom. The fraction of sp³-hybridized carbons (Fsp3) is 0.500. The molecule has 3 heterocycles. The Balaban J connectivity index is 1.92. The lowest BCUT2D eigenvalue weighted by molar-refractivity contribution is 0.582. The van der Waals surface area contributed by atoms with Gasteiger partial charge in [-0.1, -0.05) is 6.92 Å². The molecule has 3 aromatic heterocycles. The van der Waals surface area contributed by atoms with Crippen molar-refractivity contribution in [2.75, 3.05) is 5.32 Å². The van der Waals surface area contributed by atoms with E-state index in [1.54, 1.807) is 10.8 Å². The van der Waals surface area contributed by atoms with Crippen LogP contribution >= 0.6 is 0 Å². The minimum absolute atomic E-state index is 0.716. The molecule has 0 saturated heterocycles. The average molecular weight is 313 g/mol. The van der Waals surface area contributed by atoms with Crippen molar-refractivity contribution in [1.29, 1.82) is 0 Å². The van der Waals surface area contributed by atoms with Gasteiger partial charge in [-0.3, -0.25) is 4.68 Å². The third kappa shape index (κ3) is 2.67. The van der Waals surface area contributed by atoms with E-state index in [0.29, 0.717) is 6.54 Å². The van der Waals surface area contributed by atoms with E-state index in [0.717, 1.165) is 41.3 Å². The van der Waals surface area contributed by atoms with Crippen LogP contribution in [0.25, 0.3) is 5.65 Å². The number of aryl methyl sites for hydroxylation is 3. The SMILES string of the molecule is CCCn1nc(C)c(CNc2c(C)c(C)nn3cnnc23)c1C. The highest BCUT2D eigenvalue weighted by atomic mass is 15.3. The van der Waals surface area contributed by atoms with Crippen LogP contribution in [0.4, 0.5) is 5.69 Å². The van der Waals surface area contributed by atoms with Crippen LogP contribution in [0.15, 0.2) is 6.33 Å². The lowest BCUT2D eigenvalue weighted by Gasteiger charge is -2.12. The number of rotatable bonds is 5. The fourth-order valence-electron chi connectivity index (χ4n) is 2.86. The predicted octanol–water partition coefficient (Wildman–Crippen LogP) is 2.58. The highest BCUT2D eigenvalue weighted by molar-refractivity contribution is 5.71. The van der Waals surface area contributed by atoms with E-state index in [2.05, 4.69) is 58.1 Å². The van der Waals surface area contributed by atoms with Crippen LogP contribution in [0.5, 0.6) is 0 Å². The number of anilines is 1. The fourth-order valence-corrected chi connectivity index (χ4v) is 2.86. The van der Waals surface area contributed by atoms with E-state index in [1.807, 2.05) is 6.92 Å². The molecule has 0 bridgehead atoms. The molecule has 0 fully saturated rings. The van der Waals surface area contributed by atoms with E-state index in [9.17, 15) is 0 Å². The predicted molar refractivity (Wildman–Crippen MR) is 89.6 cm³/mol. The van der Waals surface area contributed by atoms with Gasteiger partial charge in [0.15, 0.2) is 0 Å². The highest BCUT2D eigenvalue weighted by Gasteiger charge is 2.14. The van der Waals surface area contributed by atoms with Crippen molar-refractivity contribution in [2.45, 2.75) is 54.1 Å². The van der Waals surface area contributed by atoms with E-state index >= 15 is 0 Å². The maximum Gasteiger partial charge on any atom is 0.200 e. The molecule has 3 aromatic rings. The van der Waals surface area contributed by atoms with Crippen molar-refractivity contribution in [3.63, 3.8) is 0 Å². The average Bonchev–Trinajstić information content (AvgIpc) is 3.07. The first-order valence-corrected chi connectivity index (χ1v) is 7.96. The molecule has 7 heteroatoms. The highest BCUT2D eigenvalue weighted by Crippen LogP contribution is 2.23. The van der Waals surface area contributed by atoms with Gasteiger partial charge in [-0.25, -0.2) is 0 Å². The van der Waals surface area contributed by atoms with Crippen molar-refractivity contribution in [3.05, 3.63) is 34.5 Å². The Bertz CT molecular complexity index is 844. The van der Waals surface area contributed by atoms with Crippen LogP contribution < -0.4 is 5.32 Å². The Kier molecular flexibility index (Phi) is 4.02. The molecule has 0 amide bonds. The molecule has 0 spiro atoms. The number of hydrogen-bond acceptors (Lipinski definition) is 5. The van der Waals surface area contributed by atoms with E-state index in [-0.39, 0.29) is 0 Å². The molecule has 0 aliphatic carbocycles. The molecule has 7 nitrogen and oxygen atoms in total. The molecule has 0 atom stereocenters. The summed E-state index contributed by atoms with van der Waals surface area (Å²) in [7, 11) is 0. The first-order valence-electron chi connectivity index (χ1n) is 7.96. The summed E-state index contributed by atoms with van der Waals surface area (Å²) in [5.41, 5.74) is 7.34. The van der Waals surface area contributed by atoms with E-state index in [1.165, 1.54) is 11.3 Å². The smallest absolute Gasteiger partial charge is 0.200 e. The largest absolute Gasteiger partial charge is 0.377 e. The Hall–Kier alpha value is -2.44. The summed E-state index contributed by atoms with van der Waals surface area (Å²) in [6.07, 6.45) is 2.71. The molecule has 0 saturated carbocycles. The van der Waals surface area contributed by atoms with Gasteiger partial charge in [0, 0.05) is 24.3 Å². The minimum atomic E-state index is 0.716. The molecule has 0 aromatic carbocycles. The van der Waals surface area contributed by atoms with Gasteiger partial charge in [-0.05, 0) is 39.7 Å². The zero-order valence-corrected chi connectivity index (χ0v) is 14.4. The summed E-state index contributed by atoms with van der Waals surface area (Å²) in [6, 6.07) is 0. The van der Waals surface area contributed by atoms with E-state index < -0.39 is 0 Å². The Morgan fingerprint density at radius 2 is 1.87 bits per heavy atom. The summed E-state index contributed by atoms with van der Waals surface area (Å²) >= 11 is 0. The summed E-state index contributed by atoms with van der Waals surface area (Å²) < 4.78 is 3.80. The van der Waals surface area contributed by atoms with Crippen molar-refractivity contribution in [1.82, 2.24) is 29.6 Å². The van der Waals surface area contributed by atoms with E-state index in [4.69, 9.17) is 0 Å². The van der Waals surface area contributed by atoms with Crippen molar-refractivity contribution in [3.8, 4) is 0 Å². The normalized spacial score (nSPS) is 11.3. The molecule has 0 aliphatic heterocycles. The quantitative estimate of drug-likeness (QED) is 0.784. The van der Waals surface area contributed by atoms with Crippen LogP contribution in [0.2, 0.25) is 0 Å². The summed E-state index contributed by atoms with van der Waals surface area (Å²) in [5.74, 6) is 0. The molecule has 23 heavy (non-hydrogen) atoms. The molecular formula is C16H23N7. The van der Waals surface area contributed by atoms with Crippen LogP contribution in [0.1, 0.15) is 41.6 Å². The number of nitrogens with one attached hydrogen (secondary N) is 1. The lowest BCUT2D eigenvalue weighted by Crippen LogP contribution is -2.08. The zero-order chi connectivity index (χ0) is 16.6. The second kappa shape index (κ2) is 5.98. The second-order valence-electron chi connectivity index (χ2n) is 5.91. The Morgan fingerprint density at radius 3 is 2.61 bits per heavy atom. The number of nitrogens with zero attached hydrogens (tertiary/aromatic N) is 6. The first kappa shape index (κ1) is 15.5. The molecule has 0 unspecified atom stereocenters. The van der Waals surface area contributed by atoms with Gasteiger partial charge in [-0.2, -0.15) is 14.7 Å². The van der Waals surface area contributed by atoms with Gasteiger partial charge in [0.1, 0.15) is 6.33 Å². The minimum Gasteiger partial charge on any atom is -0.377 e. The first-order chi connectivity index (χ1) is 11.0. The zero-order valence-electron chi connectivity index (χ0n) is 14.4. The van der Waals surface area contributed by atoms with Gasteiger partial charge in [0.2, 0.25) is 5.65 Å². The molecule has 0 aliphatic rings. The molecule has 122 valence electrons. The number of fused-ring (bicyclic) bond motifs is 1. The molecular weight excluding hydrogens is 290 g/mol. The molecule has 1 N–H and O–H groups in total. The van der Waals surface area contributed by atoms with Gasteiger partial charge >= 0.3 is 0 Å². The van der Waals surface area contributed by atoms with Crippen LogP contribution in [0, 0.1) is 27.7 Å². The van der Waals surface area contributed by atoms with Crippen molar-refractivity contribution in [2.24, 2.45) is 0 Å². The lowest BCUT2D eigenvalue weighted by atomic mass is 10.1. The second-order valence-corrected chi connectivity index (χ2v) is 5.91. The van der Waals surface area contributed by atoms with Gasteiger partial charge in [-0.15, -0.1) is 10.2 Å². The third-order valence-corrected chi connectivity index (χ3v) is 4.34. The van der Waals surface area contributed by atoms with Crippen molar-refractivity contribution >= 4 is 11.3 Å². The maximum atomic E-state index is 4.64. The standard InChI is InChI=1S/C16H23N7/c1-6-7-22-13(5)14(12(4)21-22)8-17-15-10(2)11(3)20-23-9-18-19-16(15)23/h9,17H,6-8H2,1-5H3. The summed E-state index contributed by atoms with van der Waals surface area (Å²) in [5, 5.41) is 20.7. The van der Waals surface area contributed by atoms with Crippen LogP contribution in [-0.2, 0) is 13.1 Å². The topological polar surface area (TPSA) is 72.9 Å².